The molecule has 0 aliphatic carbocycles. The molecule has 0 radical (unpaired) electrons. The zero-order valence-corrected chi connectivity index (χ0v) is 18.7. The van der Waals surface area contributed by atoms with Crippen molar-refractivity contribution in [3.63, 3.8) is 0 Å². The van der Waals surface area contributed by atoms with Gasteiger partial charge in [-0.3, -0.25) is 4.79 Å². The Balaban J connectivity index is 1.70. The molecule has 1 aliphatic rings. The first-order valence-electron chi connectivity index (χ1n) is 10.4. The predicted octanol–water partition coefficient (Wildman–Crippen LogP) is 3.78. The van der Waals surface area contributed by atoms with E-state index in [1.807, 2.05) is 36.9 Å². The van der Waals surface area contributed by atoms with Gasteiger partial charge in [-0.05, 0) is 36.9 Å². The molecule has 1 atom stereocenters. The van der Waals surface area contributed by atoms with Gasteiger partial charge < -0.3 is 9.80 Å². The molecule has 0 saturated carbocycles. The van der Waals surface area contributed by atoms with Crippen molar-refractivity contribution < 1.29 is 9.18 Å². The quantitative estimate of drug-likeness (QED) is 0.601. The summed E-state index contributed by atoms with van der Waals surface area (Å²) in [4.78, 5) is 26.7. The van der Waals surface area contributed by atoms with Gasteiger partial charge in [-0.25, -0.2) is 14.4 Å². The van der Waals surface area contributed by atoms with Gasteiger partial charge >= 0.3 is 0 Å². The molecule has 3 heterocycles. The number of halogens is 1. The second-order valence-corrected chi connectivity index (χ2v) is 8.59. The van der Waals surface area contributed by atoms with Crippen LogP contribution < -0.4 is 4.90 Å². The van der Waals surface area contributed by atoms with Gasteiger partial charge in [0.05, 0.1) is 11.4 Å². The van der Waals surface area contributed by atoms with Crippen LogP contribution in [0.1, 0.15) is 46.7 Å². The topological polar surface area (TPSA) is 75.1 Å². The van der Waals surface area contributed by atoms with Crippen molar-refractivity contribution in [3.05, 3.63) is 52.5 Å². The van der Waals surface area contributed by atoms with Gasteiger partial charge in [-0.15, -0.1) is 5.10 Å². The maximum atomic E-state index is 14.6. The summed E-state index contributed by atoms with van der Waals surface area (Å²) < 4.78 is 18.6. The number of aryl methyl sites for hydroxylation is 1. The van der Waals surface area contributed by atoms with E-state index >= 15 is 0 Å². The number of amides is 1. The second-order valence-electron chi connectivity index (χ2n) is 7.84. The third kappa shape index (κ3) is 4.27. The van der Waals surface area contributed by atoms with Crippen molar-refractivity contribution in [2.75, 3.05) is 32.1 Å². The molecule has 1 aliphatic heterocycles. The van der Waals surface area contributed by atoms with E-state index in [1.165, 1.54) is 6.07 Å². The maximum absolute atomic E-state index is 14.6. The summed E-state index contributed by atoms with van der Waals surface area (Å²) in [7, 11) is 3.75. The molecule has 0 bridgehead atoms. The Morgan fingerprint density at radius 1 is 1.29 bits per heavy atom. The van der Waals surface area contributed by atoms with Crippen LogP contribution in [-0.4, -0.2) is 57.5 Å². The predicted molar refractivity (Wildman–Crippen MR) is 119 cm³/mol. The highest BCUT2D eigenvalue weighted by Crippen LogP contribution is 2.35. The SMILES string of the molecule is CCc1nnsc1C(=O)N1CCC[C@H](c2nc(N(C)C)ncc2-c2ccccc2F)C1. The van der Waals surface area contributed by atoms with E-state index in [2.05, 4.69) is 14.6 Å². The van der Waals surface area contributed by atoms with Gasteiger partial charge in [0.1, 0.15) is 10.7 Å². The summed E-state index contributed by atoms with van der Waals surface area (Å²) in [5.41, 5.74) is 2.67. The van der Waals surface area contributed by atoms with Crippen molar-refractivity contribution in [1.29, 1.82) is 0 Å². The minimum atomic E-state index is -0.308. The molecule has 1 amide bonds. The molecule has 1 aromatic carbocycles. The minimum absolute atomic E-state index is 0.0139. The molecule has 0 unspecified atom stereocenters. The Morgan fingerprint density at radius 3 is 2.84 bits per heavy atom. The first kappa shape index (κ1) is 21.3. The number of hydrogen-bond donors (Lipinski definition) is 0. The van der Waals surface area contributed by atoms with Crippen LogP contribution in [0, 0.1) is 5.82 Å². The molecule has 3 aromatic rings. The molecule has 0 spiro atoms. The fourth-order valence-electron chi connectivity index (χ4n) is 3.93. The van der Waals surface area contributed by atoms with Gasteiger partial charge in [0.2, 0.25) is 5.95 Å². The highest BCUT2D eigenvalue weighted by atomic mass is 32.1. The van der Waals surface area contributed by atoms with Crippen LogP contribution in [0.25, 0.3) is 11.1 Å². The van der Waals surface area contributed by atoms with Gasteiger partial charge in [0, 0.05) is 50.4 Å². The van der Waals surface area contributed by atoms with E-state index in [4.69, 9.17) is 4.98 Å². The number of carbonyl (C=O) groups is 1. The van der Waals surface area contributed by atoms with Crippen molar-refractivity contribution in [1.82, 2.24) is 24.5 Å². The number of benzene rings is 1. The van der Waals surface area contributed by atoms with Gasteiger partial charge in [-0.1, -0.05) is 29.6 Å². The minimum Gasteiger partial charge on any atom is -0.347 e. The number of piperidine rings is 1. The molecule has 4 rings (SSSR count). The van der Waals surface area contributed by atoms with Gasteiger partial charge in [0.15, 0.2) is 0 Å². The van der Waals surface area contributed by atoms with Crippen molar-refractivity contribution >= 4 is 23.4 Å². The fourth-order valence-corrected chi connectivity index (χ4v) is 4.65. The number of aromatic nitrogens is 4. The average Bonchev–Trinajstić information content (AvgIpc) is 3.27. The van der Waals surface area contributed by atoms with Crippen LogP contribution in [0.5, 0.6) is 0 Å². The summed E-state index contributed by atoms with van der Waals surface area (Å²) in [5, 5.41) is 4.08. The average molecular weight is 441 g/mol. The van der Waals surface area contributed by atoms with Crippen molar-refractivity contribution in [2.24, 2.45) is 0 Å². The third-order valence-electron chi connectivity index (χ3n) is 5.55. The van der Waals surface area contributed by atoms with E-state index in [0.717, 1.165) is 35.8 Å². The molecule has 162 valence electrons. The fraction of sp³-hybridized carbons (Fsp3) is 0.409. The lowest BCUT2D eigenvalue weighted by molar-refractivity contribution is 0.0709. The number of nitrogens with zero attached hydrogens (tertiary/aromatic N) is 6. The molecule has 2 aromatic heterocycles. The smallest absolute Gasteiger partial charge is 0.267 e. The Kier molecular flexibility index (Phi) is 6.22. The number of carbonyl (C=O) groups excluding carboxylic acids is 1. The number of anilines is 1. The normalized spacial score (nSPS) is 16.4. The molecular weight excluding hydrogens is 415 g/mol. The molecule has 7 nitrogen and oxygen atoms in total. The Labute approximate surface area is 185 Å². The lowest BCUT2D eigenvalue weighted by Gasteiger charge is -2.33. The first-order chi connectivity index (χ1) is 15.0. The van der Waals surface area contributed by atoms with E-state index in [9.17, 15) is 9.18 Å². The summed E-state index contributed by atoms with van der Waals surface area (Å²) in [6.45, 7) is 3.17. The standard InChI is InChI=1S/C22H25FN6OS/c1-4-18-20(31-27-26-18)21(30)29-11-7-8-14(13-29)19-16(12-24-22(25-19)28(2)3)15-9-5-6-10-17(15)23/h5-6,9-10,12,14H,4,7-8,11,13H2,1-3H3/t14-/m0/s1. The zero-order valence-electron chi connectivity index (χ0n) is 17.9. The van der Waals surface area contributed by atoms with Crippen LogP contribution in [0.2, 0.25) is 0 Å². The molecular formula is C22H25FN6OS. The monoisotopic (exact) mass is 440 g/mol. The highest BCUT2D eigenvalue weighted by Gasteiger charge is 2.31. The summed E-state index contributed by atoms with van der Waals surface area (Å²) in [6, 6.07) is 6.67. The number of rotatable bonds is 5. The number of hydrogen-bond acceptors (Lipinski definition) is 7. The van der Waals surface area contributed by atoms with Gasteiger partial charge in [0.25, 0.3) is 5.91 Å². The molecule has 9 heteroatoms. The summed E-state index contributed by atoms with van der Waals surface area (Å²) >= 11 is 1.15. The lowest BCUT2D eigenvalue weighted by atomic mass is 9.89. The van der Waals surface area contributed by atoms with Crippen LogP contribution in [0.15, 0.2) is 30.5 Å². The molecule has 31 heavy (non-hydrogen) atoms. The summed E-state index contributed by atoms with van der Waals surface area (Å²) in [6.07, 6.45) is 4.09. The third-order valence-corrected chi connectivity index (χ3v) is 6.31. The second kappa shape index (κ2) is 9.05. The Morgan fingerprint density at radius 2 is 2.10 bits per heavy atom. The first-order valence-corrected chi connectivity index (χ1v) is 11.2. The number of likely N-dealkylation sites (tertiary alicyclic amines) is 1. The van der Waals surface area contributed by atoms with Crippen molar-refractivity contribution in [3.8, 4) is 11.1 Å². The lowest BCUT2D eigenvalue weighted by Crippen LogP contribution is -2.39. The van der Waals surface area contributed by atoms with Crippen LogP contribution in [-0.2, 0) is 6.42 Å². The largest absolute Gasteiger partial charge is 0.347 e. The Hall–Kier alpha value is -2.94. The van der Waals surface area contributed by atoms with Crippen LogP contribution in [0.3, 0.4) is 0 Å². The molecule has 1 saturated heterocycles. The summed E-state index contributed by atoms with van der Waals surface area (Å²) in [5.74, 6) is 0.210. The van der Waals surface area contributed by atoms with E-state index in [-0.39, 0.29) is 17.6 Å². The zero-order chi connectivity index (χ0) is 22.0. The van der Waals surface area contributed by atoms with E-state index in [0.29, 0.717) is 41.5 Å². The maximum Gasteiger partial charge on any atom is 0.267 e. The van der Waals surface area contributed by atoms with Crippen LogP contribution in [0.4, 0.5) is 10.3 Å². The van der Waals surface area contributed by atoms with Gasteiger partial charge in [-0.2, -0.15) is 0 Å². The Bertz CT molecular complexity index is 1090. The highest BCUT2D eigenvalue weighted by molar-refractivity contribution is 7.08. The van der Waals surface area contributed by atoms with Crippen molar-refractivity contribution in [2.45, 2.75) is 32.1 Å². The molecule has 0 N–H and O–H groups in total. The molecule has 1 fully saturated rings. The van der Waals surface area contributed by atoms with Crippen LogP contribution >= 0.6 is 11.5 Å². The van der Waals surface area contributed by atoms with E-state index < -0.39 is 0 Å². The van der Waals surface area contributed by atoms with E-state index in [1.54, 1.807) is 18.3 Å².